The molecule has 1 N–H and O–H groups in total. The fraction of sp³-hybridized carbons (Fsp3) is 0.375. The van der Waals surface area contributed by atoms with Gasteiger partial charge in [0.25, 0.3) is 0 Å². The van der Waals surface area contributed by atoms with Crippen LogP contribution in [0.2, 0.25) is 0 Å². The lowest BCUT2D eigenvalue weighted by Gasteiger charge is -2.19. The van der Waals surface area contributed by atoms with Gasteiger partial charge in [0.15, 0.2) is 0 Å². The third-order valence-electron chi connectivity index (χ3n) is 3.91. The maximum Gasteiger partial charge on any atom is 0.222 e. The molecular formula is C16H20N8O. The van der Waals surface area contributed by atoms with Gasteiger partial charge >= 0.3 is 0 Å². The minimum absolute atomic E-state index is 0.0395. The number of rotatable bonds is 8. The van der Waals surface area contributed by atoms with E-state index in [1.54, 1.807) is 15.7 Å². The van der Waals surface area contributed by atoms with Crippen molar-refractivity contribution in [2.75, 3.05) is 0 Å². The van der Waals surface area contributed by atoms with Gasteiger partial charge in [-0.25, -0.2) is 9.67 Å². The number of hydrogen-bond donors (Lipinski definition) is 1. The van der Waals surface area contributed by atoms with E-state index in [-0.39, 0.29) is 11.9 Å². The van der Waals surface area contributed by atoms with Crippen LogP contribution in [0.15, 0.2) is 43.0 Å². The number of nitrogens with zero attached hydrogens (tertiary/aromatic N) is 7. The zero-order valence-corrected chi connectivity index (χ0v) is 14.0. The molecule has 0 aliphatic rings. The molecule has 3 rings (SSSR count). The molecule has 3 aromatic rings. The predicted molar refractivity (Wildman–Crippen MR) is 89.1 cm³/mol. The highest BCUT2D eigenvalue weighted by Crippen LogP contribution is 2.17. The van der Waals surface area contributed by atoms with E-state index in [9.17, 15) is 4.79 Å². The van der Waals surface area contributed by atoms with Crippen molar-refractivity contribution in [3.63, 3.8) is 0 Å². The summed E-state index contributed by atoms with van der Waals surface area (Å²) in [6.07, 6.45) is 4.22. The number of carbonyl (C=O) groups excluding carboxylic acids is 1. The van der Waals surface area contributed by atoms with Gasteiger partial charge in [0.05, 0.1) is 12.6 Å². The Morgan fingerprint density at radius 1 is 1.24 bits per heavy atom. The van der Waals surface area contributed by atoms with Crippen LogP contribution in [0.1, 0.15) is 30.3 Å². The maximum atomic E-state index is 12.4. The van der Waals surface area contributed by atoms with Crippen molar-refractivity contribution in [3.05, 3.63) is 54.4 Å². The molecule has 0 aliphatic heterocycles. The van der Waals surface area contributed by atoms with Crippen LogP contribution in [0.3, 0.4) is 0 Å². The average Bonchev–Trinajstić information content (AvgIpc) is 3.29. The standard InChI is InChI=1S/C16H20N8O/c1-13-20-21-22-24(13)10-8-16(25)19-15(14-5-3-2-4-6-14)7-9-23-12-17-11-18-23/h2-6,11-12,15H,7-10H2,1H3,(H,19,25)/t15-/m0/s1. The molecule has 1 atom stereocenters. The van der Waals surface area contributed by atoms with Crippen LogP contribution < -0.4 is 5.32 Å². The normalized spacial score (nSPS) is 12.0. The lowest BCUT2D eigenvalue weighted by Crippen LogP contribution is -2.30. The first-order valence-corrected chi connectivity index (χ1v) is 8.12. The summed E-state index contributed by atoms with van der Waals surface area (Å²) in [7, 11) is 0. The van der Waals surface area contributed by atoms with E-state index in [1.165, 1.54) is 6.33 Å². The van der Waals surface area contributed by atoms with Gasteiger partial charge in [-0.3, -0.25) is 9.48 Å². The molecule has 0 spiro atoms. The first-order chi connectivity index (χ1) is 12.2. The lowest BCUT2D eigenvalue weighted by molar-refractivity contribution is -0.122. The molecule has 0 saturated heterocycles. The Bertz CT molecular complexity index is 784. The molecule has 2 heterocycles. The molecule has 130 valence electrons. The number of tetrazole rings is 1. The highest BCUT2D eigenvalue weighted by molar-refractivity contribution is 5.76. The number of aromatic nitrogens is 7. The molecule has 0 unspecified atom stereocenters. The zero-order valence-electron chi connectivity index (χ0n) is 14.0. The molecule has 9 nitrogen and oxygen atoms in total. The molecule has 0 aliphatic carbocycles. The Morgan fingerprint density at radius 2 is 2.08 bits per heavy atom. The van der Waals surface area contributed by atoms with Crippen LogP contribution in [0.25, 0.3) is 0 Å². The number of hydrogen-bond acceptors (Lipinski definition) is 6. The second-order valence-corrected chi connectivity index (χ2v) is 5.68. The largest absolute Gasteiger partial charge is 0.349 e. The van der Waals surface area contributed by atoms with Crippen molar-refractivity contribution < 1.29 is 4.79 Å². The van der Waals surface area contributed by atoms with Gasteiger partial charge in [0, 0.05) is 13.0 Å². The lowest BCUT2D eigenvalue weighted by atomic mass is 10.0. The topological polar surface area (TPSA) is 103 Å². The molecule has 25 heavy (non-hydrogen) atoms. The maximum absolute atomic E-state index is 12.4. The summed E-state index contributed by atoms with van der Waals surface area (Å²) in [6.45, 7) is 2.93. The van der Waals surface area contributed by atoms with Crippen molar-refractivity contribution in [1.82, 2.24) is 40.3 Å². The van der Waals surface area contributed by atoms with E-state index < -0.39 is 0 Å². The molecule has 1 amide bonds. The van der Waals surface area contributed by atoms with Crippen LogP contribution in [0.5, 0.6) is 0 Å². The van der Waals surface area contributed by atoms with Crippen molar-refractivity contribution >= 4 is 5.91 Å². The smallest absolute Gasteiger partial charge is 0.222 e. The first kappa shape index (κ1) is 16.7. The Balaban J connectivity index is 1.60. The Labute approximate surface area is 145 Å². The zero-order chi connectivity index (χ0) is 17.5. The van der Waals surface area contributed by atoms with E-state index in [0.29, 0.717) is 25.3 Å². The number of benzene rings is 1. The number of nitrogens with one attached hydrogen (secondary N) is 1. The second kappa shape index (κ2) is 8.13. The van der Waals surface area contributed by atoms with Gasteiger partial charge in [0.1, 0.15) is 18.5 Å². The molecule has 0 bridgehead atoms. The SMILES string of the molecule is Cc1nnnn1CCC(=O)N[C@@H](CCn1cncn1)c1ccccc1. The minimum Gasteiger partial charge on any atom is -0.349 e. The van der Waals surface area contributed by atoms with E-state index in [1.807, 2.05) is 37.3 Å². The van der Waals surface area contributed by atoms with E-state index >= 15 is 0 Å². The Kier molecular flexibility index (Phi) is 5.45. The van der Waals surface area contributed by atoms with E-state index in [4.69, 9.17) is 0 Å². The number of amides is 1. The van der Waals surface area contributed by atoms with Crippen LogP contribution in [0, 0.1) is 6.92 Å². The van der Waals surface area contributed by atoms with Crippen molar-refractivity contribution in [3.8, 4) is 0 Å². The summed E-state index contributed by atoms with van der Waals surface area (Å²) in [4.78, 5) is 16.3. The quantitative estimate of drug-likeness (QED) is 0.654. The van der Waals surface area contributed by atoms with Gasteiger partial charge in [-0.2, -0.15) is 5.10 Å². The van der Waals surface area contributed by atoms with Crippen molar-refractivity contribution in [2.45, 2.75) is 38.9 Å². The summed E-state index contributed by atoms with van der Waals surface area (Å²) >= 11 is 0. The van der Waals surface area contributed by atoms with E-state index in [2.05, 4.69) is 30.9 Å². The van der Waals surface area contributed by atoms with Gasteiger partial charge in [0.2, 0.25) is 5.91 Å². The molecule has 0 radical (unpaired) electrons. The highest BCUT2D eigenvalue weighted by Gasteiger charge is 2.15. The fourth-order valence-corrected chi connectivity index (χ4v) is 2.55. The Morgan fingerprint density at radius 3 is 2.76 bits per heavy atom. The van der Waals surface area contributed by atoms with Crippen molar-refractivity contribution in [1.29, 1.82) is 0 Å². The summed E-state index contributed by atoms with van der Waals surface area (Å²) in [5.41, 5.74) is 1.06. The summed E-state index contributed by atoms with van der Waals surface area (Å²) in [5, 5.41) is 18.5. The third kappa shape index (κ3) is 4.69. The first-order valence-electron chi connectivity index (χ1n) is 8.12. The van der Waals surface area contributed by atoms with Gasteiger partial charge in [-0.1, -0.05) is 30.3 Å². The van der Waals surface area contributed by atoms with Crippen LogP contribution in [0.4, 0.5) is 0 Å². The van der Waals surface area contributed by atoms with Crippen LogP contribution in [-0.4, -0.2) is 40.9 Å². The molecular weight excluding hydrogens is 320 g/mol. The van der Waals surface area contributed by atoms with Crippen LogP contribution >= 0.6 is 0 Å². The van der Waals surface area contributed by atoms with Crippen LogP contribution in [-0.2, 0) is 17.9 Å². The van der Waals surface area contributed by atoms with E-state index in [0.717, 1.165) is 12.0 Å². The summed E-state index contributed by atoms with van der Waals surface area (Å²) in [5.74, 6) is 0.654. The van der Waals surface area contributed by atoms with Gasteiger partial charge < -0.3 is 5.32 Å². The third-order valence-corrected chi connectivity index (χ3v) is 3.91. The fourth-order valence-electron chi connectivity index (χ4n) is 2.55. The molecule has 9 heteroatoms. The van der Waals surface area contributed by atoms with Crippen molar-refractivity contribution in [2.24, 2.45) is 0 Å². The highest BCUT2D eigenvalue weighted by atomic mass is 16.1. The molecule has 2 aromatic heterocycles. The molecule has 0 fully saturated rings. The molecule has 0 saturated carbocycles. The van der Waals surface area contributed by atoms with Gasteiger partial charge in [-0.05, 0) is 29.3 Å². The monoisotopic (exact) mass is 340 g/mol. The van der Waals surface area contributed by atoms with Gasteiger partial charge in [-0.15, -0.1) is 5.10 Å². The second-order valence-electron chi connectivity index (χ2n) is 5.68. The number of aryl methyl sites for hydroxylation is 3. The Hall–Kier alpha value is -3.10. The summed E-state index contributed by atoms with van der Waals surface area (Å²) < 4.78 is 3.37. The average molecular weight is 340 g/mol. The predicted octanol–water partition coefficient (Wildman–Crippen LogP) is 0.911. The minimum atomic E-state index is -0.0899. The summed E-state index contributed by atoms with van der Waals surface area (Å²) in [6, 6.07) is 9.83. The molecule has 1 aromatic carbocycles. The number of carbonyl (C=O) groups is 1.